The van der Waals surface area contributed by atoms with Crippen molar-refractivity contribution >= 4 is 5.91 Å². The van der Waals surface area contributed by atoms with Crippen molar-refractivity contribution in [3.8, 4) is 17.0 Å². The molecule has 1 fully saturated rings. The van der Waals surface area contributed by atoms with Crippen LogP contribution in [-0.4, -0.2) is 40.8 Å². The molecule has 0 radical (unpaired) electrons. The predicted molar refractivity (Wildman–Crippen MR) is 117 cm³/mol. The van der Waals surface area contributed by atoms with Gasteiger partial charge in [-0.1, -0.05) is 42.5 Å². The Kier molecular flexibility index (Phi) is 6.14. The lowest BCUT2D eigenvalue weighted by Gasteiger charge is -2.31. The molecule has 1 amide bonds. The summed E-state index contributed by atoms with van der Waals surface area (Å²) < 4.78 is 7.58. The number of benzene rings is 2. The monoisotopic (exact) mass is 404 g/mol. The highest BCUT2D eigenvalue weighted by Gasteiger charge is 2.25. The third-order valence-corrected chi connectivity index (χ3v) is 5.69. The third-order valence-electron chi connectivity index (χ3n) is 5.69. The van der Waals surface area contributed by atoms with Crippen molar-refractivity contribution in [3.63, 3.8) is 0 Å². The number of carbonyl (C=O) groups excluding carboxylic acids is 1. The van der Waals surface area contributed by atoms with Gasteiger partial charge in [0, 0.05) is 30.4 Å². The van der Waals surface area contributed by atoms with Gasteiger partial charge in [-0.25, -0.2) is 0 Å². The standard InChI is InChI=1S/C24H28N4O2/c1-30-22-12-6-5-11-21(22)23-20(16-27-13-7-10-19(15-27)24(25)29)17-28(26-23)14-18-8-3-2-4-9-18/h2-6,8-9,11-12,17,19H,7,10,13-16H2,1H3,(H2,25,29)/t19-/m0/s1. The molecule has 6 heteroatoms. The Morgan fingerprint density at radius 3 is 2.67 bits per heavy atom. The average Bonchev–Trinajstić information content (AvgIpc) is 3.16. The van der Waals surface area contributed by atoms with Crippen LogP contribution in [0.2, 0.25) is 0 Å². The van der Waals surface area contributed by atoms with Crippen LogP contribution < -0.4 is 10.5 Å². The largest absolute Gasteiger partial charge is 0.496 e. The van der Waals surface area contributed by atoms with Gasteiger partial charge in [-0.15, -0.1) is 0 Å². The minimum atomic E-state index is -0.204. The second kappa shape index (κ2) is 9.13. The van der Waals surface area contributed by atoms with Gasteiger partial charge in [0.15, 0.2) is 0 Å². The molecule has 0 spiro atoms. The van der Waals surface area contributed by atoms with E-state index in [-0.39, 0.29) is 11.8 Å². The summed E-state index contributed by atoms with van der Waals surface area (Å²) in [6.07, 6.45) is 3.97. The number of ether oxygens (including phenoxy) is 1. The zero-order chi connectivity index (χ0) is 20.9. The first-order chi connectivity index (χ1) is 14.6. The fraction of sp³-hybridized carbons (Fsp3) is 0.333. The SMILES string of the molecule is COc1ccccc1-c1nn(Cc2ccccc2)cc1CN1CCC[C@H](C(N)=O)C1. The lowest BCUT2D eigenvalue weighted by atomic mass is 9.97. The Hall–Kier alpha value is -3.12. The molecule has 0 aliphatic carbocycles. The van der Waals surface area contributed by atoms with Crippen LogP contribution in [-0.2, 0) is 17.9 Å². The number of rotatable bonds is 7. The van der Waals surface area contributed by atoms with E-state index in [1.54, 1.807) is 7.11 Å². The maximum Gasteiger partial charge on any atom is 0.221 e. The molecule has 1 aromatic heterocycles. The first-order valence-electron chi connectivity index (χ1n) is 10.4. The van der Waals surface area contributed by atoms with E-state index < -0.39 is 0 Å². The highest BCUT2D eigenvalue weighted by Crippen LogP contribution is 2.32. The molecule has 4 rings (SSSR count). The molecule has 0 unspecified atom stereocenters. The van der Waals surface area contributed by atoms with Crippen LogP contribution in [0.25, 0.3) is 11.3 Å². The molecule has 2 heterocycles. The van der Waals surface area contributed by atoms with E-state index in [0.29, 0.717) is 13.1 Å². The molecule has 1 atom stereocenters. The summed E-state index contributed by atoms with van der Waals surface area (Å²) in [5.74, 6) is 0.523. The van der Waals surface area contributed by atoms with E-state index >= 15 is 0 Å². The predicted octanol–water partition coefficient (Wildman–Crippen LogP) is 3.30. The van der Waals surface area contributed by atoms with Gasteiger partial charge < -0.3 is 10.5 Å². The Morgan fingerprint density at radius 1 is 1.13 bits per heavy atom. The molecular weight excluding hydrogens is 376 g/mol. The smallest absolute Gasteiger partial charge is 0.221 e. The lowest BCUT2D eigenvalue weighted by Crippen LogP contribution is -2.40. The number of para-hydroxylation sites is 1. The molecule has 1 aliphatic rings. The van der Waals surface area contributed by atoms with Crippen molar-refractivity contribution < 1.29 is 9.53 Å². The second-order valence-electron chi connectivity index (χ2n) is 7.86. The van der Waals surface area contributed by atoms with Crippen LogP contribution in [0.3, 0.4) is 0 Å². The Bertz CT molecular complexity index is 999. The summed E-state index contributed by atoms with van der Waals surface area (Å²) in [6, 6.07) is 18.3. The van der Waals surface area contributed by atoms with Crippen molar-refractivity contribution in [1.29, 1.82) is 0 Å². The number of likely N-dealkylation sites (tertiary alicyclic amines) is 1. The lowest BCUT2D eigenvalue weighted by molar-refractivity contribution is -0.123. The maximum absolute atomic E-state index is 11.7. The van der Waals surface area contributed by atoms with Crippen LogP contribution in [0, 0.1) is 5.92 Å². The molecule has 0 bridgehead atoms. The number of piperidine rings is 1. The van der Waals surface area contributed by atoms with Crippen molar-refractivity contribution in [1.82, 2.24) is 14.7 Å². The zero-order valence-corrected chi connectivity index (χ0v) is 17.3. The van der Waals surface area contributed by atoms with Crippen molar-refractivity contribution in [3.05, 3.63) is 71.9 Å². The van der Waals surface area contributed by atoms with Gasteiger partial charge in [0.05, 0.1) is 19.6 Å². The van der Waals surface area contributed by atoms with Crippen LogP contribution in [0.1, 0.15) is 24.0 Å². The molecule has 0 saturated carbocycles. The van der Waals surface area contributed by atoms with Crippen LogP contribution in [0.4, 0.5) is 0 Å². The Labute approximate surface area is 177 Å². The Balaban J connectivity index is 1.66. The van der Waals surface area contributed by atoms with E-state index in [2.05, 4.69) is 23.2 Å². The van der Waals surface area contributed by atoms with Gasteiger partial charge in [0.2, 0.25) is 5.91 Å². The van der Waals surface area contributed by atoms with Gasteiger partial charge in [0.25, 0.3) is 0 Å². The molecular formula is C24H28N4O2. The van der Waals surface area contributed by atoms with Gasteiger partial charge >= 0.3 is 0 Å². The minimum absolute atomic E-state index is 0.0761. The molecule has 1 saturated heterocycles. The summed E-state index contributed by atoms with van der Waals surface area (Å²) in [5, 5.41) is 4.92. The Morgan fingerprint density at radius 2 is 1.90 bits per heavy atom. The van der Waals surface area contributed by atoms with Gasteiger partial charge in [0.1, 0.15) is 11.4 Å². The zero-order valence-electron chi connectivity index (χ0n) is 17.3. The number of methoxy groups -OCH3 is 1. The van der Waals surface area contributed by atoms with Gasteiger partial charge in [-0.3, -0.25) is 14.4 Å². The first-order valence-corrected chi connectivity index (χ1v) is 10.4. The van der Waals surface area contributed by atoms with Crippen molar-refractivity contribution in [2.45, 2.75) is 25.9 Å². The third kappa shape index (κ3) is 4.54. The van der Waals surface area contributed by atoms with Crippen LogP contribution in [0.15, 0.2) is 60.8 Å². The maximum atomic E-state index is 11.7. The molecule has 2 aromatic carbocycles. The van der Waals surface area contributed by atoms with Crippen LogP contribution >= 0.6 is 0 Å². The number of carbonyl (C=O) groups is 1. The average molecular weight is 405 g/mol. The van der Waals surface area contributed by atoms with E-state index in [1.807, 2.05) is 47.1 Å². The fourth-order valence-corrected chi connectivity index (χ4v) is 4.17. The number of hydrogen-bond donors (Lipinski definition) is 1. The highest BCUT2D eigenvalue weighted by molar-refractivity contribution is 5.77. The van der Waals surface area contributed by atoms with Crippen molar-refractivity contribution in [2.75, 3.05) is 20.2 Å². The van der Waals surface area contributed by atoms with E-state index in [4.69, 9.17) is 15.6 Å². The molecule has 156 valence electrons. The van der Waals surface area contributed by atoms with Crippen molar-refractivity contribution in [2.24, 2.45) is 11.7 Å². The molecule has 1 aliphatic heterocycles. The number of amides is 1. The minimum Gasteiger partial charge on any atom is -0.496 e. The summed E-state index contributed by atoms with van der Waals surface area (Å²) >= 11 is 0. The number of nitrogens with two attached hydrogens (primary N) is 1. The molecule has 30 heavy (non-hydrogen) atoms. The van der Waals surface area contributed by atoms with E-state index in [0.717, 1.165) is 48.5 Å². The summed E-state index contributed by atoms with van der Waals surface area (Å²) in [6.45, 7) is 3.09. The first kappa shape index (κ1) is 20.2. The number of primary amides is 1. The molecule has 6 nitrogen and oxygen atoms in total. The van der Waals surface area contributed by atoms with E-state index in [9.17, 15) is 4.79 Å². The van der Waals surface area contributed by atoms with Gasteiger partial charge in [-0.2, -0.15) is 5.10 Å². The number of nitrogens with zero attached hydrogens (tertiary/aromatic N) is 3. The summed E-state index contributed by atoms with van der Waals surface area (Å²) in [4.78, 5) is 14.0. The summed E-state index contributed by atoms with van der Waals surface area (Å²) in [5.41, 5.74) is 9.80. The van der Waals surface area contributed by atoms with Crippen LogP contribution in [0.5, 0.6) is 5.75 Å². The second-order valence-corrected chi connectivity index (χ2v) is 7.86. The molecule has 3 aromatic rings. The fourth-order valence-electron chi connectivity index (χ4n) is 4.17. The quantitative estimate of drug-likeness (QED) is 0.656. The number of hydrogen-bond acceptors (Lipinski definition) is 4. The normalized spacial score (nSPS) is 17.0. The van der Waals surface area contributed by atoms with E-state index in [1.165, 1.54) is 5.56 Å². The summed E-state index contributed by atoms with van der Waals surface area (Å²) in [7, 11) is 1.68. The molecule has 2 N–H and O–H groups in total. The highest BCUT2D eigenvalue weighted by atomic mass is 16.5. The topological polar surface area (TPSA) is 73.4 Å². The number of aromatic nitrogens is 2. The van der Waals surface area contributed by atoms with Gasteiger partial charge in [-0.05, 0) is 37.1 Å².